The molecule has 5 N–H and O–H groups in total. The van der Waals surface area contributed by atoms with Crippen LogP contribution in [0, 0.1) is 5.92 Å². The van der Waals surface area contributed by atoms with Crippen molar-refractivity contribution in [1.29, 1.82) is 0 Å². The zero-order valence-corrected chi connectivity index (χ0v) is 16.7. The molecule has 0 radical (unpaired) electrons. The molecule has 2 heterocycles. The summed E-state index contributed by atoms with van der Waals surface area (Å²) in [6, 6.07) is 6.13. The molecule has 30 heavy (non-hydrogen) atoms. The number of benzene rings is 1. The number of carbonyl (C=O) groups is 1. The molecule has 1 aliphatic rings. The lowest BCUT2D eigenvalue weighted by Gasteiger charge is -2.22. The van der Waals surface area contributed by atoms with Crippen LogP contribution in [-0.4, -0.2) is 53.2 Å². The van der Waals surface area contributed by atoms with E-state index in [-0.39, 0.29) is 17.8 Å². The van der Waals surface area contributed by atoms with Crippen LogP contribution in [0.5, 0.6) is 0 Å². The Hall–Kier alpha value is -2.79. The van der Waals surface area contributed by atoms with Gasteiger partial charge in [0.1, 0.15) is 11.8 Å². The molecule has 2 aromatic heterocycles. The molecular weight excluding hydrogens is 412 g/mol. The standard InChI is InChI=1S/C19H21ClN6O4/c1-9(27)24-25-18-13-7-23-26(19(13)22-8-21-18)14-6-12(16(29)17(14)30)15(28)10-2-4-11(20)5-3-10/h2-5,7-8,12,14-17,28-30H,6H2,1H3,(H,24,27)(H,21,22,25)/t12-,14-,15?,16-,17+/m1/s1. The van der Waals surface area contributed by atoms with Crippen LogP contribution >= 0.6 is 11.6 Å². The van der Waals surface area contributed by atoms with Crippen LogP contribution < -0.4 is 10.9 Å². The minimum atomic E-state index is -1.15. The summed E-state index contributed by atoms with van der Waals surface area (Å²) in [5.74, 6) is -0.936. The van der Waals surface area contributed by atoms with Gasteiger partial charge in [0.05, 0.1) is 36.2 Å². The fourth-order valence-electron chi connectivity index (χ4n) is 3.87. The molecule has 1 fully saturated rings. The molecule has 158 valence electrons. The Morgan fingerprint density at radius 3 is 2.77 bits per heavy atom. The zero-order valence-electron chi connectivity index (χ0n) is 16.0. The molecule has 5 atom stereocenters. The summed E-state index contributed by atoms with van der Waals surface area (Å²) in [5.41, 5.74) is 3.72. The summed E-state index contributed by atoms with van der Waals surface area (Å²) in [7, 11) is 0. The smallest absolute Gasteiger partial charge is 0.237 e. The highest BCUT2D eigenvalue weighted by Gasteiger charge is 2.46. The second kappa shape index (κ2) is 8.15. The maximum absolute atomic E-state index is 11.1. The van der Waals surface area contributed by atoms with Crippen LogP contribution in [-0.2, 0) is 4.79 Å². The van der Waals surface area contributed by atoms with Crippen LogP contribution in [0.25, 0.3) is 11.0 Å². The Morgan fingerprint density at radius 2 is 2.07 bits per heavy atom. The van der Waals surface area contributed by atoms with Gasteiger partial charge in [0.2, 0.25) is 5.91 Å². The average Bonchev–Trinajstić information content (AvgIpc) is 3.28. The van der Waals surface area contributed by atoms with Gasteiger partial charge in [-0.25, -0.2) is 15.1 Å². The van der Waals surface area contributed by atoms with Crippen LogP contribution in [0.2, 0.25) is 5.02 Å². The summed E-state index contributed by atoms with van der Waals surface area (Å²) in [6.45, 7) is 1.33. The third kappa shape index (κ3) is 3.70. The van der Waals surface area contributed by atoms with Crippen molar-refractivity contribution < 1.29 is 20.1 Å². The number of aliphatic hydroxyl groups is 3. The largest absolute Gasteiger partial charge is 0.390 e. The van der Waals surface area contributed by atoms with Crippen LogP contribution in [0.1, 0.15) is 31.1 Å². The molecule has 10 nitrogen and oxygen atoms in total. The van der Waals surface area contributed by atoms with E-state index in [1.807, 2.05) is 0 Å². The van der Waals surface area contributed by atoms with Gasteiger partial charge in [-0.15, -0.1) is 0 Å². The minimum absolute atomic E-state index is 0.260. The number of aromatic amines is 1. The molecule has 0 aliphatic heterocycles. The quantitative estimate of drug-likeness (QED) is 0.376. The highest BCUT2D eigenvalue weighted by Crippen LogP contribution is 2.42. The number of nitrogens with zero attached hydrogens (tertiary/aromatic N) is 4. The Kier molecular flexibility index (Phi) is 5.56. The third-order valence-corrected chi connectivity index (χ3v) is 5.62. The Bertz CT molecular complexity index is 1130. The second-order valence-electron chi connectivity index (χ2n) is 7.30. The molecule has 0 saturated heterocycles. The van der Waals surface area contributed by atoms with Crippen molar-refractivity contribution in [3.8, 4) is 0 Å². The van der Waals surface area contributed by atoms with Crippen LogP contribution in [0.3, 0.4) is 0 Å². The number of carbonyl (C=O) groups excluding carboxylic acids is 1. The fraction of sp³-hybridized carbons (Fsp3) is 0.368. The molecule has 1 unspecified atom stereocenters. The van der Waals surface area contributed by atoms with Crippen molar-refractivity contribution in [2.45, 2.75) is 37.7 Å². The van der Waals surface area contributed by atoms with E-state index in [1.165, 1.54) is 19.4 Å². The first-order valence-corrected chi connectivity index (χ1v) is 9.75. The molecule has 1 aliphatic carbocycles. The number of H-pyrrole nitrogens is 1. The lowest BCUT2D eigenvalue weighted by molar-refractivity contribution is -0.119. The molecule has 3 aromatic rings. The third-order valence-electron chi connectivity index (χ3n) is 5.37. The summed E-state index contributed by atoms with van der Waals surface area (Å²) in [4.78, 5) is 18.2. The number of fused-ring (bicyclic) bond motifs is 1. The first kappa shape index (κ1) is 20.5. The maximum Gasteiger partial charge on any atom is 0.237 e. The first-order chi connectivity index (χ1) is 14.4. The van der Waals surface area contributed by atoms with E-state index in [9.17, 15) is 20.1 Å². The number of aromatic nitrogens is 4. The van der Waals surface area contributed by atoms with E-state index >= 15 is 0 Å². The van der Waals surface area contributed by atoms with E-state index in [0.717, 1.165) is 0 Å². The van der Waals surface area contributed by atoms with Crippen molar-refractivity contribution in [3.63, 3.8) is 0 Å². The molecule has 4 rings (SSSR count). The van der Waals surface area contributed by atoms with Gasteiger partial charge in [0.15, 0.2) is 5.49 Å². The second-order valence-corrected chi connectivity index (χ2v) is 7.74. The van der Waals surface area contributed by atoms with Gasteiger partial charge < -0.3 is 20.3 Å². The molecule has 1 saturated carbocycles. The zero-order chi connectivity index (χ0) is 21.4. The number of rotatable bonds is 4. The predicted molar refractivity (Wildman–Crippen MR) is 107 cm³/mol. The van der Waals surface area contributed by atoms with Gasteiger partial charge in [-0.2, -0.15) is 10.2 Å². The van der Waals surface area contributed by atoms with E-state index in [4.69, 9.17) is 11.6 Å². The number of amides is 1. The number of hydrogen-bond acceptors (Lipinski definition) is 7. The molecular formula is C19H21ClN6O4. The summed E-state index contributed by atoms with van der Waals surface area (Å²) >= 11 is 5.90. The molecule has 0 bridgehead atoms. The van der Waals surface area contributed by atoms with Crippen molar-refractivity contribution >= 4 is 28.5 Å². The van der Waals surface area contributed by atoms with Gasteiger partial charge in [-0.3, -0.25) is 4.79 Å². The number of hydrogen-bond donors (Lipinski definition) is 5. The monoisotopic (exact) mass is 432 g/mol. The van der Waals surface area contributed by atoms with Gasteiger partial charge >= 0.3 is 0 Å². The molecule has 1 aromatic carbocycles. The van der Waals surface area contributed by atoms with Gasteiger partial charge in [0, 0.05) is 17.9 Å². The summed E-state index contributed by atoms with van der Waals surface area (Å²) in [5, 5.41) is 41.5. The summed E-state index contributed by atoms with van der Waals surface area (Å²) in [6.07, 6.45) is -0.0602. The van der Waals surface area contributed by atoms with Crippen molar-refractivity contribution in [1.82, 2.24) is 25.2 Å². The van der Waals surface area contributed by atoms with Crippen molar-refractivity contribution in [2.24, 2.45) is 11.0 Å². The highest BCUT2D eigenvalue weighted by atomic mass is 35.5. The van der Waals surface area contributed by atoms with Crippen molar-refractivity contribution in [3.05, 3.63) is 52.9 Å². The van der Waals surface area contributed by atoms with Gasteiger partial charge in [-0.05, 0) is 24.1 Å². The fourth-order valence-corrected chi connectivity index (χ4v) is 4.00. The lowest BCUT2D eigenvalue weighted by Crippen LogP contribution is -2.31. The first-order valence-electron chi connectivity index (χ1n) is 9.37. The Labute approximate surface area is 175 Å². The molecule has 11 heteroatoms. The van der Waals surface area contributed by atoms with E-state index < -0.39 is 30.3 Å². The number of halogens is 1. The normalized spacial score (nSPS) is 25.6. The Balaban J connectivity index is 1.65. The predicted octanol–water partition coefficient (Wildman–Crippen LogP) is 0.381. The SMILES string of the molecule is CC(=O)N/N=c1/nc[nH]c2c1cnn2[C@@H]1C[C@H](C(O)c2ccc(Cl)cc2)[C@@H](O)[C@H]1O. The van der Waals surface area contributed by atoms with E-state index in [0.29, 0.717) is 21.6 Å². The van der Waals surface area contributed by atoms with Crippen LogP contribution in [0.4, 0.5) is 0 Å². The van der Waals surface area contributed by atoms with Gasteiger partial charge in [0.25, 0.3) is 0 Å². The number of aliphatic hydroxyl groups excluding tert-OH is 3. The highest BCUT2D eigenvalue weighted by molar-refractivity contribution is 6.30. The molecule has 1 amide bonds. The lowest BCUT2D eigenvalue weighted by atomic mass is 9.92. The van der Waals surface area contributed by atoms with E-state index in [2.05, 4.69) is 25.6 Å². The van der Waals surface area contributed by atoms with E-state index in [1.54, 1.807) is 28.9 Å². The Morgan fingerprint density at radius 1 is 1.33 bits per heavy atom. The topological polar surface area (TPSA) is 149 Å². The van der Waals surface area contributed by atoms with Crippen molar-refractivity contribution in [2.75, 3.05) is 0 Å². The average molecular weight is 433 g/mol. The van der Waals surface area contributed by atoms with Crippen LogP contribution in [0.15, 0.2) is 41.9 Å². The minimum Gasteiger partial charge on any atom is -0.390 e. The maximum atomic E-state index is 11.1. The molecule has 0 spiro atoms. The number of nitrogens with one attached hydrogen (secondary N) is 2. The van der Waals surface area contributed by atoms with Gasteiger partial charge in [-0.1, -0.05) is 23.7 Å². The summed E-state index contributed by atoms with van der Waals surface area (Å²) < 4.78 is 1.55.